The summed E-state index contributed by atoms with van der Waals surface area (Å²) >= 11 is 0. The van der Waals surface area contributed by atoms with Crippen molar-refractivity contribution < 1.29 is 19.3 Å². The fourth-order valence-electron chi connectivity index (χ4n) is 2.22. The second kappa shape index (κ2) is 5.51. The van der Waals surface area contributed by atoms with E-state index in [-0.39, 0.29) is 12.1 Å². The Morgan fingerprint density at radius 2 is 2.11 bits per heavy atom. The van der Waals surface area contributed by atoms with E-state index >= 15 is 0 Å². The van der Waals surface area contributed by atoms with E-state index in [0.717, 1.165) is 0 Å². The molecular weight excluding hydrogens is 246 g/mol. The smallest absolute Gasteiger partial charge is 0.411 e. The third-order valence-electron chi connectivity index (χ3n) is 3.25. The molecule has 1 amide bonds. The van der Waals surface area contributed by atoms with Crippen LogP contribution in [-0.2, 0) is 14.5 Å². The number of carbonyl (C=O) groups excluding carboxylic acids is 1. The van der Waals surface area contributed by atoms with Crippen LogP contribution in [0.25, 0.3) is 0 Å². The Kier molecular flexibility index (Phi) is 4.16. The van der Waals surface area contributed by atoms with Crippen molar-refractivity contribution in [1.82, 2.24) is 4.90 Å². The van der Waals surface area contributed by atoms with E-state index in [4.69, 9.17) is 9.62 Å². The highest BCUT2D eigenvalue weighted by atomic mass is 17.2. The second-order valence-electron chi connectivity index (χ2n) is 6.14. The molecule has 2 rings (SSSR count). The molecule has 1 atom stereocenters. The molecule has 0 aromatic rings. The largest absolute Gasteiger partial charge is 0.444 e. The first-order chi connectivity index (χ1) is 8.90. The molecule has 108 valence electrons. The summed E-state index contributed by atoms with van der Waals surface area (Å²) in [5.41, 5.74) is 0.849. The van der Waals surface area contributed by atoms with Crippen molar-refractivity contribution in [3.05, 3.63) is 11.6 Å². The quantitative estimate of drug-likeness (QED) is 0.447. The van der Waals surface area contributed by atoms with Crippen LogP contribution in [-0.4, -0.2) is 42.9 Å². The zero-order valence-corrected chi connectivity index (χ0v) is 12.1. The Morgan fingerprint density at radius 3 is 2.63 bits per heavy atom. The maximum absolute atomic E-state index is 12.2. The Balaban J connectivity index is 1.99. The van der Waals surface area contributed by atoms with Crippen molar-refractivity contribution >= 4 is 6.09 Å². The predicted octanol–water partition coefficient (Wildman–Crippen LogP) is 2.52. The van der Waals surface area contributed by atoms with Crippen LogP contribution in [0.2, 0.25) is 0 Å². The van der Waals surface area contributed by atoms with E-state index in [1.165, 1.54) is 25.5 Å². The topological polar surface area (TPSA) is 48.0 Å². The van der Waals surface area contributed by atoms with Crippen LogP contribution in [0.5, 0.6) is 0 Å². The number of amides is 1. The highest BCUT2D eigenvalue weighted by Crippen LogP contribution is 2.40. The predicted molar refractivity (Wildman–Crippen MR) is 70.5 cm³/mol. The van der Waals surface area contributed by atoms with Gasteiger partial charge in [-0.1, -0.05) is 6.08 Å². The second-order valence-corrected chi connectivity index (χ2v) is 6.14. The first-order valence-corrected chi connectivity index (χ1v) is 6.76. The third-order valence-corrected chi connectivity index (χ3v) is 3.25. The van der Waals surface area contributed by atoms with E-state index in [1.54, 1.807) is 4.90 Å². The summed E-state index contributed by atoms with van der Waals surface area (Å²) in [6.45, 7) is 6.61. The van der Waals surface area contributed by atoms with E-state index in [9.17, 15) is 4.79 Å². The Bertz CT molecular complexity index is 368. The molecule has 1 aliphatic carbocycles. The van der Waals surface area contributed by atoms with Gasteiger partial charge in [0.25, 0.3) is 0 Å². The molecule has 0 aromatic heterocycles. The molecule has 0 aromatic carbocycles. The molecule has 1 saturated carbocycles. The van der Waals surface area contributed by atoms with Crippen molar-refractivity contribution in [2.24, 2.45) is 5.92 Å². The molecule has 5 nitrogen and oxygen atoms in total. The summed E-state index contributed by atoms with van der Waals surface area (Å²) in [4.78, 5) is 23.5. The molecule has 0 N–H and O–H groups in total. The minimum atomic E-state index is -0.480. The van der Waals surface area contributed by atoms with Gasteiger partial charge < -0.3 is 4.74 Å². The third kappa shape index (κ3) is 3.94. The molecule has 0 saturated heterocycles. The summed E-state index contributed by atoms with van der Waals surface area (Å²) in [6.07, 6.45) is 4.29. The van der Waals surface area contributed by atoms with Gasteiger partial charge in [-0.05, 0) is 45.1 Å². The van der Waals surface area contributed by atoms with E-state index in [1.807, 2.05) is 20.8 Å². The SMILES string of the molecule is COOC[C@@H]1C=C(C2CC2)CN1C(=O)OC(C)(C)C. The number of carbonyl (C=O) groups is 1. The number of ether oxygens (including phenoxy) is 1. The molecule has 1 fully saturated rings. The van der Waals surface area contributed by atoms with Crippen LogP contribution < -0.4 is 0 Å². The van der Waals surface area contributed by atoms with Gasteiger partial charge in [0.05, 0.1) is 13.2 Å². The van der Waals surface area contributed by atoms with Crippen molar-refractivity contribution in [2.75, 3.05) is 20.3 Å². The molecule has 0 bridgehead atoms. The van der Waals surface area contributed by atoms with Crippen molar-refractivity contribution in [3.8, 4) is 0 Å². The lowest BCUT2D eigenvalue weighted by atomic mass is 10.1. The molecule has 1 heterocycles. The fraction of sp³-hybridized carbons (Fsp3) is 0.786. The summed E-state index contributed by atoms with van der Waals surface area (Å²) in [5, 5.41) is 0. The Labute approximate surface area is 114 Å². The monoisotopic (exact) mass is 269 g/mol. The number of nitrogens with zero attached hydrogens (tertiary/aromatic N) is 1. The number of hydrogen-bond acceptors (Lipinski definition) is 4. The van der Waals surface area contributed by atoms with E-state index < -0.39 is 5.60 Å². The Hall–Kier alpha value is -1.07. The summed E-state index contributed by atoms with van der Waals surface area (Å²) in [7, 11) is 1.47. The van der Waals surface area contributed by atoms with Crippen LogP contribution >= 0.6 is 0 Å². The summed E-state index contributed by atoms with van der Waals surface area (Å²) < 4.78 is 5.44. The van der Waals surface area contributed by atoms with Crippen LogP contribution in [0.1, 0.15) is 33.6 Å². The van der Waals surface area contributed by atoms with Crippen LogP contribution in [0.4, 0.5) is 4.79 Å². The lowest BCUT2D eigenvalue weighted by molar-refractivity contribution is -0.276. The van der Waals surface area contributed by atoms with Gasteiger partial charge in [-0.15, -0.1) is 0 Å². The van der Waals surface area contributed by atoms with Gasteiger partial charge in [0, 0.05) is 6.54 Å². The van der Waals surface area contributed by atoms with Crippen LogP contribution in [0.3, 0.4) is 0 Å². The molecule has 5 heteroatoms. The van der Waals surface area contributed by atoms with Gasteiger partial charge >= 0.3 is 6.09 Å². The highest BCUT2D eigenvalue weighted by Gasteiger charge is 2.37. The van der Waals surface area contributed by atoms with Crippen LogP contribution in [0.15, 0.2) is 11.6 Å². The molecule has 2 aliphatic rings. The molecule has 0 spiro atoms. The normalized spacial score (nSPS) is 23.5. The minimum absolute atomic E-state index is 0.0922. The molecule has 19 heavy (non-hydrogen) atoms. The van der Waals surface area contributed by atoms with Crippen molar-refractivity contribution in [3.63, 3.8) is 0 Å². The summed E-state index contributed by atoms with van der Waals surface area (Å²) in [6, 6.07) is -0.0922. The van der Waals surface area contributed by atoms with Crippen molar-refractivity contribution in [1.29, 1.82) is 0 Å². The van der Waals surface area contributed by atoms with Crippen molar-refractivity contribution in [2.45, 2.75) is 45.3 Å². The minimum Gasteiger partial charge on any atom is -0.444 e. The Morgan fingerprint density at radius 1 is 1.42 bits per heavy atom. The lowest BCUT2D eigenvalue weighted by Gasteiger charge is -2.28. The first kappa shape index (κ1) is 14.3. The van der Waals surface area contributed by atoms with Gasteiger partial charge in [0.2, 0.25) is 0 Å². The zero-order chi connectivity index (χ0) is 14.0. The number of rotatable bonds is 4. The lowest BCUT2D eigenvalue weighted by Crippen LogP contribution is -2.42. The first-order valence-electron chi connectivity index (χ1n) is 6.76. The maximum atomic E-state index is 12.2. The summed E-state index contributed by atoms with van der Waals surface area (Å²) in [5.74, 6) is 0.650. The van der Waals surface area contributed by atoms with E-state index in [2.05, 4.69) is 11.0 Å². The fourth-order valence-corrected chi connectivity index (χ4v) is 2.22. The van der Waals surface area contributed by atoms with Gasteiger partial charge in [0.15, 0.2) is 0 Å². The van der Waals surface area contributed by atoms with Crippen LogP contribution in [0, 0.1) is 5.92 Å². The molecule has 0 unspecified atom stereocenters. The number of hydrogen-bond donors (Lipinski definition) is 0. The van der Waals surface area contributed by atoms with Gasteiger partial charge in [-0.2, -0.15) is 0 Å². The van der Waals surface area contributed by atoms with Gasteiger partial charge in [0.1, 0.15) is 12.2 Å². The molecular formula is C14H23NO4. The molecule has 1 aliphatic heterocycles. The highest BCUT2D eigenvalue weighted by molar-refractivity contribution is 5.70. The average Bonchev–Trinajstić information content (AvgIpc) is 3.05. The maximum Gasteiger partial charge on any atom is 0.411 e. The van der Waals surface area contributed by atoms with E-state index in [0.29, 0.717) is 19.1 Å². The average molecular weight is 269 g/mol. The standard InChI is InChI=1S/C14H23NO4/c1-14(2,3)19-13(16)15-8-11(10-5-6-10)7-12(15)9-18-17-4/h7,10,12H,5-6,8-9H2,1-4H3/t12-/m0/s1. The molecule has 0 radical (unpaired) electrons. The zero-order valence-electron chi connectivity index (χ0n) is 12.1. The van der Waals surface area contributed by atoms with Gasteiger partial charge in [-0.3, -0.25) is 4.90 Å². The van der Waals surface area contributed by atoms with Gasteiger partial charge in [-0.25, -0.2) is 14.6 Å².